The van der Waals surface area contributed by atoms with Gasteiger partial charge in [0.2, 0.25) is 0 Å². The maximum atomic E-state index is 12.9. The summed E-state index contributed by atoms with van der Waals surface area (Å²) in [6.07, 6.45) is 7.48. The average Bonchev–Trinajstić information content (AvgIpc) is 3.82. The number of fused-ring (bicyclic) bond motifs is 3. The number of nitrogens with one attached hydrogen (secondary N) is 1. The molecule has 0 aliphatic carbocycles. The zero-order valence-electron chi connectivity index (χ0n) is 27.9. The number of carbonyl (C=O) groups is 2. The molecule has 2 saturated heterocycles. The van der Waals surface area contributed by atoms with Gasteiger partial charge in [0, 0.05) is 47.9 Å². The van der Waals surface area contributed by atoms with Crippen LogP contribution in [0.2, 0.25) is 0 Å². The Balaban J connectivity index is 1.07. The summed E-state index contributed by atoms with van der Waals surface area (Å²) in [6, 6.07) is 10.5. The second-order valence-electron chi connectivity index (χ2n) is 14.7. The van der Waals surface area contributed by atoms with Crippen LogP contribution in [0.25, 0.3) is 37.8 Å². The lowest BCUT2D eigenvalue weighted by molar-refractivity contribution is 0.0216. The molecular formula is C36H42N6O4S. The number of imidazole rings is 1. The first-order valence-corrected chi connectivity index (χ1v) is 17.3. The molecule has 0 bridgehead atoms. The first-order chi connectivity index (χ1) is 22.3. The second kappa shape index (κ2) is 11.8. The third-order valence-corrected chi connectivity index (χ3v) is 9.87. The van der Waals surface area contributed by atoms with Crippen LogP contribution in [0.15, 0.2) is 47.7 Å². The molecule has 2 atom stereocenters. The Morgan fingerprint density at radius 2 is 1.60 bits per heavy atom. The van der Waals surface area contributed by atoms with Gasteiger partial charge < -0.3 is 14.5 Å². The molecule has 7 rings (SSSR count). The molecule has 4 aromatic rings. The Kier molecular flexibility index (Phi) is 7.85. The molecule has 0 saturated carbocycles. The molecule has 0 unspecified atom stereocenters. The van der Waals surface area contributed by atoms with Gasteiger partial charge in [0.15, 0.2) is 0 Å². The molecule has 10 nitrogen and oxygen atoms in total. The van der Waals surface area contributed by atoms with E-state index in [0.717, 1.165) is 80.0 Å². The molecule has 2 amide bonds. The van der Waals surface area contributed by atoms with Crippen LogP contribution in [-0.2, 0) is 9.47 Å². The fourth-order valence-electron chi connectivity index (χ4n) is 6.70. The van der Waals surface area contributed by atoms with Crippen molar-refractivity contribution in [1.29, 1.82) is 0 Å². The molecule has 5 heterocycles. The van der Waals surface area contributed by atoms with Gasteiger partial charge >= 0.3 is 12.2 Å². The summed E-state index contributed by atoms with van der Waals surface area (Å²) in [5.41, 5.74) is 3.92. The Morgan fingerprint density at radius 3 is 2.30 bits per heavy atom. The SMILES string of the molecule is CC(C)(C)OC(=O)N1CCC[C@H]1C1=NC=C(c2nc3c(ccc4cc(-c5cnc([C@@H]6CCCN6C(=O)OC(C)(C)C)[nH]5)ccc43)s2)C1. The monoisotopic (exact) mass is 654 g/mol. The third-order valence-electron chi connectivity index (χ3n) is 8.78. The lowest BCUT2D eigenvalue weighted by Gasteiger charge is -2.28. The zero-order valence-corrected chi connectivity index (χ0v) is 28.7. The van der Waals surface area contributed by atoms with Crippen molar-refractivity contribution in [2.45, 2.75) is 96.9 Å². The number of aromatic amines is 1. The van der Waals surface area contributed by atoms with Crippen molar-refractivity contribution in [2.24, 2.45) is 4.99 Å². The van der Waals surface area contributed by atoms with Crippen molar-refractivity contribution < 1.29 is 19.1 Å². The molecule has 3 aliphatic heterocycles. The minimum absolute atomic E-state index is 0.0377. The highest BCUT2D eigenvalue weighted by atomic mass is 32.1. The normalized spacial score (nSPS) is 20.3. The number of likely N-dealkylation sites (tertiary alicyclic amines) is 2. The second-order valence-corrected chi connectivity index (χ2v) is 15.7. The highest BCUT2D eigenvalue weighted by Crippen LogP contribution is 2.38. The number of allylic oxidation sites excluding steroid dienone is 1. The van der Waals surface area contributed by atoms with Crippen LogP contribution in [0.1, 0.15) is 90.5 Å². The summed E-state index contributed by atoms with van der Waals surface area (Å²) in [6.45, 7) is 12.7. The predicted octanol–water partition coefficient (Wildman–Crippen LogP) is 8.50. The number of aliphatic imine (C=N–C) groups is 1. The molecule has 246 valence electrons. The minimum atomic E-state index is -0.543. The van der Waals surface area contributed by atoms with E-state index in [1.165, 1.54) is 0 Å². The van der Waals surface area contributed by atoms with Gasteiger partial charge in [0.1, 0.15) is 22.0 Å². The number of aromatic nitrogens is 3. The smallest absolute Gasteiger partial charge is 0.410 e. The largest absolute Gasteiger partial charge is 0.444 e. The van der Waals surface area contributed by atoms with Crippen molar-refractivity contribution in [3.05, 3.63) is 53.6 Å². The molecule has 2 aromatic heterocycles. The van der Waals surface area contributed by atoms with Crippen LogP contribution >= 0.6 is 11.3 Å². The summed E-state index contributed by atoms with van der Waals surface area (Å²) in [5, 5.41) is 3.14. The standard InChI is InChI=1S/C36H42N6O4S/c1-35(2,3)45-33(43)41-15-7-9-27(41)25-18-23(19-37-25)32-40-30-24-13-11-22(17-21(24)12-14-29(30)47-32)26-20-38-31(39-26)28-10-8-16-42(28)34(44)46-36(4,5)6/h11-14,17,19-20,27-28H,7-10,15-16,18H2,1-6H3,(H,38,39)/t27-,28-/m0/s1. The van der Waals surface area contributed by atoms with Gasteiger partial charge in [-0.15, -0.1) is 11.3 Å². The predicted molar refractivity (Wildman–Crippen MR) is 186 cm³/mol. The molecule has 0 spiro atoms. The lowest BCUT2D eigenvalue weighted by atomic mass is 10.0. The Hall–Kier alpha value is -4.25. The van der Waals surface area contributed by atoms with E-state index in [1.54, 1.807) is 16.2 Å². The van der Waals surface area contributed by atoms with Crippen LogP contribution in [0.4, 0.5) is 9.59 Å². The first-order valence-electron chi connectivity index (χ1n) is 16.5. The van der Waals surface area contributed by atoms with Gasteiger partial charge in [-0.1, -0.05) is 18.2 Å². The summed E-state index contributed by atoms with van der Waals surface area (Å²) in [5.74, 6) is 0.779. The third kappa shape index (κ3) is 6.37. The maximum Gasteiger partial charge on any atom is 0.410 e. The van der Waals surface area contributed by atoms with E-state index < -0.39 is 11.2 Å². The van der Waals surface area contributed by atoms with E-state index in [1.807, 2.05) is 58.8 Å². The quantitative estimate of drug-likeness (QED) is 0.236. The Bertz CT molecular complexity index is 1930. The van der Waals surface area contributed by atoms with Crippen molar-refractivity contribution in [2.75, 3.05) is 13.1 Å². The highest BCUT2D eigenvalue weighted by Gasteiger charge is 2.37. The summed E-state index contributed by atoms with van der Waals surface area (Å²) >= 11 is 1.68. The number of amides is 2. The van der Waals surface area contributed by atoms with Gasteiger partial charge in [0.25, 0.3) is 0 Å². The molecule has 47 heavy (non-hydrogen) atoms. The van der Waals surface area contributed by atoms with E-state index in [2.05, 4.69) is 40.3 Å². The topological polar surface area (TPSA) is 113 Å². The van der Waals surface area contributed by atoms with Gasteiger partial charge in [-0.25, -0.2) is 19.6 Å². The van der Waals surface area contributed by atoms with E-state index in [-0.39, 0.29) is 24.3 Å². The molecule has 0 radical (unpaired) electrons. The van der Waals surface area contributed by atoms with Crippen molar-refractivity contribution in [3.63, 3.8) is 0 Å². The fraction of sp³-hybridized carbons (Fsp3) is 0.472. The number of carbonyl (C=O) groups excluding carboxylic acids is 2. The molecular weight excluding hydrogens is 613 g/mol. The summed E-state index contributed by atoms with van der Waals surface area (Å²) in [7, 11) is 0. The van der Waals surface area contributed by atoms with Crippen molar-refractivity contribution >= 4 is 55.8 Å². The van der Waals surface area contributed by atoms with Crippen LogP contribution in [0.3, 0.4) is 0 Å². The summed E-state index contributed by atoms with van der Waals surface area (Å²) < 4.78 is 12.4. The number of hydrogen-bond acceptors (Lipinski definition) is 8. The number of rotatable bonds is 4. The zero-order chi connectivity index (χ0) is 33.1. The average molecular weight is 655 g/mol. The van der Waals surface area contributed by atoms with E-state index in [9.17, 15) is 9.59 Å². The van der Waals surface area contributed by atoms with E-state index in [4.69, 9.17) is 19.5 Å². The highest BCUT2D eigenvalue weighted by molar-refractivity contribution is 7.19. The molecule has 1 N–H and O–H groups in total. The number of nitrogens with zero attached hydrogens (tertiary/aromatic N) is 5. The fourth-order valence-corrected chi connectivity index (χ4v) is 7.69. The summed E-state index contributed by atoms with van der Waals surface area (Å²) in [4.78, 5) is 47.4. The molecule has 2 fully saturated rings. The minimum Gasteiger partial charge on any atom is -0.444 e. The van der Waals surface area contributed by atoms with Crippen LogP contribution in [-0.4, -0.2) is 73.0 Å². The molecule has 11 heteroatoms. The molecule has 3 aliphatic rings. The van der Waals surface area contributed by atoms with Gasteiger partial charge in [-0.2, -0.15) is 0 Å². The maximum absolute atomic E-state index is 12.9. The van der Waals surface area contributed by atoms with Gasteiger partial charge in [-0.3, -0.25) is 14.8 Å². The number of H-pyrrole nitrogens is 1. The Labute approximate surface area is 278 Å². The first kappa shape index (κ1) is 31.4. The lowest BCUT2D eigenvalue weighted by Crippen LogP contribution is -2.43. The van der Waals surface area contributed by atoms with Gasteiger partial charge in [-0.05, 0) is 84.7 Å². The van der Waals surface area contributed by atoms with Gasteiger partial charge in [0.05, 0.1) is 34.2 Å². The van der Waals surface area contributed by atoms with E-state index in [0.29, 0.717) is 19.5 Å². The van der Waals surface area contributed by atoms with Crippen LogP contribution in [0.5, 0.6) is 0 Å². The van der Waals surface area contributed by atoms with E-state index >= 15 is 0 Å². The van der Waals surface area contributed by atoms with Crippen molar-refractivity contribution in [1.82, 2.24) is 24.8 Å². The number of ether oxygens (including phenoxy) is 2. The van der Waals surface area contributed by atoms with Crippen LogP contribution < -0.4 is 0 Å². The van der Waals surface area contributed by atoms with Crippen LogP contribution in [0, 0.1) is 0 Å². The van der Waals surface area contributed by atoms with Crippen molar-refractivity contribution in [3.8, 4) is 11.3 Å². The number of hydrogen-bond donors (Lipinski definition) is 1. The number of thiazole rings is 1. The Morgan fingerprint density at radius 1 is 0.915 bits per heavy atom. The number of benzene rings is 2. The molecule has 2 aromatic carbocycles.